The molecule has 3 aromatic rings. The van der Waals surface area contributed by atoms with Crippen LogP contribution in [0.4, 0.5) is 5.69 Å². The van der Waals surface area contributed by atoms with Gasteiger partial charge in [-0.3, -0.25) is 4.79 Å². The number of likely N-dealkylation sites (N-methyl/N-ethyl adjacent to an activating group) is 2. The van der Waals surface area contributed by atoms with Crippen LogP contribution in [0.25, 0.3) is 12.2 Å². The van der Waals surface area contributed by atoms with Gasteiger partial charge in [-0.2, -0.15) is 5.26 Å². The molecule has 0 unspecified atom stereocenters. The first-order valence-electron chi connectivity index (χ1n) is 14.4. The highest BCUT2D eigenvalue weighted by Crippen LogP contribution is 2.33. The third kappa shape index (κ3) is 13.1. The molecule has 2 N–H and O–H groups in total. The minimum atomic E-state index is -0.998. The Hall–Kier alpha value is -5.31. The third-order valence-electron chi connectivity index (χ3n) is 6.11. The van der Waals surface area contributed by atoms with E-state index in [2.05, 4.69) is 5.32 Å². The highest BCUT2D eigenvalue weighted by Gasteiger charge is 2.11. The molecule has 0 saturated carbocycles. The lowest BCUT2D eigenvalue weighted by molar-refractivity contribution is -0.131. The number of hydrogen-bond donors (Lipinski definition) is 2. The number of nitriles is 1. The normalized spacial score (nSPS) is 10.8. The molecule has 1 amide bonds. The van der Waals surface area contributed by atoms with E-state index in [1.165, 1.54) is 12.2 Å². The number of aliphatic carboxylic acids is 1. The van der Waals surface area contributed by atoms with Crippen molar-refractivity contribution in [2.75, 3.05) is 74.0 Å². The molecule has 0 bridgehead atoms. The monoisotopic (exact) mass is 630 g/mol. The SMILES string of the molecule is COc1cccc(/C=C/C(=O)Nc2cccc(C#N)c2)c1OCCN(C)C.COc1cccc(/C=C/C(=O)O)c1OCCN(C)C. The van der Waals surface area contributed by atoms with Gasteiger partial charge in [0.15, 0.2) is 23.0 Å². The van der Waals surface area contributed by atoms with E-state index in [0.717, 1.165) is 24.7 Å². The summed E-state index contributed by atoms with van der Waals surface area (Å²) in [5, 5.41) is 20.3. The molecule has 0 aromatic heterocycles. The fourth-order valence-corrected chi connectivity index (χ4v) is 3.80. The fraction of sp³-hybridized carbons (Fsp3) is 0.286. The number of ether oxygens (including phenoxy) is 4. The van der Waals surface area contributed by atoms with Gasteiger partial charge in [0.2, 0.25) is 5.91 Å². The van der Waals surface area contributed by atoms with E-state index in [-0.39, 0.29) is 5.91 Å². The van der Waals surface area contributed by atoms with E-state index in [4.69, 9.17) is 29.3 Å². The van der Waals surface area contributed by atoms with Crippen LogP contribution < -0.4 is 24.3 Å². The van der Waals surface area contributed by atoms with Crippen molar-refractivity contribution in [2.24, 2.45) is 0 Å². The smallest absolute Gasteiger partial charge is 0.328 e. The summed E-state index contributed by atoms with van der Waals surface area (Å²) in [4.78, 5) is 26.8. The van der Waals surface area contributed by atoms with Crippen molar-refractivity contribution < 1.29 is 33.6 Å². The van der Waals surface area contributed by atoms with Gasteiger partial charge in [-0.15, -0.1) is 0 Å². The van der Waals surface area contributed by atoms with Crippen LogP contribution in [0.3, 0.4) is 0 Å². The minimum Gasteiger partial charge on any atom is -0.493 e. The Kier molecular flexibility index (Phi) is 15.9. The van der Waals surface area contributed by atoms with Gasteiger partial charge in [0.25, 0.3) is 0 Å². The molecule has 46 heavy (non-hydrogen) atoms. The van der Waals surface area contributed by atoms with Crippen molar-refractivity contribution in [2.45, 2.75) is 0 Å². The molecule has 0 heterocycles. The number of carbonyl (C=O) groups excluding carboxylic acids is 1. The van der Waals surface area contributed by atoms with Crippen LogP contribution in [0.15, 0.2) is 72.8 Å². The third-order valence-corrected chi connectivity index (χ3v) is 6.11. The molecule has 3 aromatic carbocycles. The number of carboxylic acids is 1. The number of hydrogen-bond acceptors (Lipinski definition) is 9. The van der Waals surface area contributed by atoms with Gasteiger partial charge in [0.05, 0.1) is 25.9 Å². The van der Waals surface area contributed by atoms with Crippen LogP contribution in [-0.2, 0) is 9.59 Å². The van der Waals surface area contributed by atoms with Crippen LogP contribution in [0.2, 0.25) is 0 Å². The Bertz CT molecular complexity index is 1530. The maximum absolute atomic E-state index is 12.2. The first-order chi connectivity index (χ1) is 22.1. The van der Waals surface area contributed by atoms with E-state index >= 15 is 0 Å². The molecule has 11 heteroatoms. The lowest BCUT2D eigenvalue weighted by atomic mass is 10.1. The molecule has 0 spiro atoms. The van der Waals surface area contributed by atoms with E-state index < -0.39 is 5.97 Å². The van der Waals surface area contributed by atoms with Gasteiger partial charge in [-0.25, -0.2) is 4.79 Å². The Balaban J connectivity index is 0.000000341. The minimum absolute atomic E-state index is 0.299. The number of methoxy groups -OCH3 is 2. The zero-order chi connectivity index (χ0) is 33.9. The summed E-state index contributed by atoms with van der Waals surface area (Å²) in [5.74, 6) is 1.06. The average molecular weight is 631 g/mol. The van der Waals surface area contributed by atoms with Gasteiger partial charge in [0, 0.05) is 42.1 Å². The van der Waals surface area contributed by atoms with Crippen molar-refractivity contribution in [3.05, 3.63) is 89.5 Å². The second-order valence-electron chi connectivity index (χ2n) is 10.2. The number of carbonyl (C=O) groups is 2. The standard InChI is InChI=1S/C21H23N3O3.C14H19NO4/c1-24(2)12-13-27-21-17(7-5-9-19(21)26-3)10-11-20(25)23-18-8-4-6-16(14-18)15-22;1-15(2)9-10-19-14-11(7-8-13(16)17)5-4-6-12(14)18-3/h4-11,14H,12-13H2,1-3H3,(H,23,25);4-8H,9-10H2,1-3H3,(H,16,17)/b11-10+;8-7+. The number of anilines is 1. The topological polar surface area (TPSA) is 134 Å². The molecule has 0 aliphatic rings. The van der Waals surface area contributed by atoms with Crippen LogP contribution in [0, 0.1) is 11.3 Å². The number of para-hydroxylation sites is 2. The lowest BCUT2D eigenvalue weighted by Crippen LogP contribution is -2.19. The molecule has 0 aliphatic carbocycles. The maximum atomic E-state index is 12.2. The van der Waals surface area contributed by atoms with Gasteiger partial charge in [-0.05, 0) is 70.7 Å². The number of nitrogens with one attached hydrogen (secondary N) is 1. The average Bonchev–Trinajstić information content (AvgIpc) is 3.03. The van der Waals surface area contributed by atoms with Gasteiger partial charge >= 0.3 is 5.97 Å². The number of benzene rings is 3. The molecule has 11 nitrogen and oxygen atoms in total. The fourth-order valence-electron chi connectivity index (χ4n) is 3.80. The van der Waals surface area contributed by atoms with Crippen molar-refractivity contribution in [1.29, 1.82) is 5.26 Å². The van der Waals surface area contributed by atoms with E-state index in [1.54, 1.807) is 62.8 Å². The maximum Gasteiger partial charge on any atom is 0.328 e. The second-order valence-corrected chi connectivity index (χ2v) is 10.2. The molecule has 0 atom stereocenters. The van der Waals surface area contributed by atoms with Crippen molar-refractivity contribution in [3.8, 4) is 29.1 Å². The molecule has 3 rings (SSSR count). The quantitative estimate of drug-likeness (QED) is 0.224. The number of carboxylic acid groups (broad SMARTS) is 1. The van der Waals surface area contributed by atoms with E-state index in [9.17, 15) is 9.59 Å². The Labute approximate surface area is 270 Å². The summed E-state index contributed by atoms with van der Waals surface area (Å²) in [7, 11) is 11.0. The molecule has 0 fully saturated rings. The first kappa shape index (κ1) is 36.9. The summed E-state index contributed by atoms with van der Waals surface area (Å²) in [6, 6.07) is 19.7. The summed E-state index contributed by atoms with van der Waals surface area (Å²) < 4.78 is 22.2. The van der Waals surface area contributed by atoms with Crippen molar-refractivity contribution in [1.82, 2.24) is 9.80 Å². The Morgan fingerprint density at radius 2 is 1.30 bits per heavy atom. The van der Waals surface area contributed by atoms with Crippen LogP contribution >= 0.6 is 0 Å². The van der Waals surface area contributed by atoms with Crippen LogP contribution in [0.5, 0.6) is 23.0 Å². The molecular formula is C35H42N4O7. The highest BCUT2D eigenvalue weighted by molar-refractivity contribution is 6.02. The van der Waals surface area contributed by atoms with Gasteiger partial charge in [-0.1, -0.05) is 30.3 Å². The summed E-state index contributed by atoms with van der Waals surface area (Å²) in [6.45, 7) is 2.53. The zero-order valence-corrected chi connectivity index (χ0v) is 27.1. The zero-order valence-electron chi connectivity index (χ0n) is 27.1. The molecule has 0 saturated heterocycles. The summed E-state index contributed by atoms with van der Waals surface area (Å²) in [6.07, 6.45) is 5.67. The van der Waals surface area contributed by atoms with Gasteiger partial charge in [0.1, 0.15) is 13.2 Å². The summed E-state index contributed by atoms with van der Waals surface area (Å²) >= 11 is 0. The molecule has 244 valence electrons. The summed E-state index contributed by atoms with van der Waals surface area (Å²) in [5.41, 5.74) is 2.48. The number of amides is 1. The molecule has 0 radical (unpaired) electrons. The lowest BCUT2D eigenvalue weighted by Gasteiger charge is -2.15. The predicted molar refractivity (Wildman–Crippen MR) is 180 cm³/mol. The van der Waals surface area contributed by atoms with Crippen LogP contribution in [-0.4, -0.2) is 95.5 Å². The predicted octanol–water partition coefficient (Wildman–Crippen LogP) is 4.89. The Morgan fingerprint density at radius 1 is 0.804 bits per heavy atom. The first-order valence-corrected chi connectivity index (χ1v) is 14.4. The Morgan fingerprint density at radius 3 is 1.76 bits per heavy atom. The number of nitrogens with zero attached hydrogens (tertiary/aromatic N) is 3. The second kappa shape index (κ2) is 19.9. The van der Waals surface area contributed by atoms with E-state index in [0.29, 0.717) is 53.0 Å². The van der Waals surface area contributed by atoms with Gasteiger partial charge < -0.3 is 39.2 Å². The highest BCUT2D eigenvalue weighted by atomic mass is 16.5. The van der Waals surface area contributed by atoms with Crippen molar-refractivity contribution in [3.63, 3.8) is 0 Å². The molecular weight excluding hydrogens is 588 g/mol. The van der Waals surface area contributed by atoms with Crippen molar-refractivity contribution >= 4 is 29.7 Å². The van der Waals surface area contributed by atoms with Crippen LogP contribution in [0.1, 0.15) is 16.7 Å². The number of rotatable bonds is 15. The van der Waals surface area contributed by atoms with E-state index in [1.807, 2.05) is 62.3 Å². The largest absolute Gasteiger partial charge is 0.493 e. The molecule has 0 aliphatic heterocycles.